The molecule has 26 heavy (non-hydrogen) atoms. The van der Waals surface area contributed by atoms with E-state index in [1.165, 1.54) is 0 Å². The number of hydrogen-bond donors (Lipinski definition) is 0. The zero-order valence-corrected chi connectivity index (χ0v) is 18.0. The molecule has 2 heterocycles. The lowest BCUT2D eigenvalue weighted by Crippen LogP contribution is -2.42. The second kappa shape index (κ2) is 6.58. The van der Waals surface area contributed by atoms with E-state index in [1.54, 1.807) is 0 Å². The highest BCUT2D eigenvalue weighted by molar-refractivity contribution is 6.74. The molecule has 5 nitrogen and oxygen atoms in total. The fourth-order valence-corrected chi connectivity index (χ4v) is 4.37. The van der Waals surface area contributed by atoms with Crippen LogP contribution in [-0.2, 0) is 23.4 Å². The molecular weight excluding hydrogens is 348 g/mol. The zero-order valence-electron chi connectivity index (χ0n) is 17.0. The van der Waals surface area contributed by atoms with Gasteiger partial charge >= 0.3 is 5.97 Å². The number of carbonyl (C=O) groups is 1. The monoisotopic (exact) mass is 380 g/mol. The predicted molar refractivity (Wildman–Crippen MR) is 102 cm³/mol. The van der Waals surface area contributed by atoms with Gasteiger partial charge in [0.05, 0.1) is 6.61 Å². The lowest BCUT2D eigenvalue weighted by molar-refractivity contribution is -0.162. The van der Waals surface area contributed by atoms with Crippen LogP contribution >= 0.6 is 0 Å². The number of rotatable bonds is 4. The number of ether oxygens (including phenoxy) is 3. The van der Waals surface area contributed by atoms with Crippen LogP contribution in [0.1, 0.15) is 34.6 Å². The van der Waals surface area contributed by atoms with Gasteiger partial charge in [-0.2, -0.15) is 0 Å². The van der Waals surface area contributed by atoms with Gasteiger partial charge in [-0.1, -0.05) is 39.0 Å². The summed E-state index contributed by atoms with van der Waals surface area (Å²) < 4.78 is 23.5. The van der Waals surface area contributed by atoms with Gasteiger partial charge in [0.2, 0.25) is 0 Å². The summed E-state index contributed by atoms with van der Waals surface area (Å²) in [5.74, 6) is -0.815. The molecular formula is C20H32O5Si. The fourth-order valence-electron chi connectivity index (χ4n) is 3.33. The van der Waals surface area contributed by atoms with E-state index in [4.69, 9.17) is 18.6 Å². The van der Waals surface area contributed by atoms with Crippen molar-refractivity contribution in [1.82, 2.24) is 0 Å². The van der Waals surface area contributed by atoms with Gasteiger partial charge in [-0.15, -0.1) is 0 Å². The molecule has 6 heteroatoms. The molecule has 0 unspecified atom stereocenters. The summed E-state index contributed by atoms with van der Waals surface area (Å²) in [6.45, 7) is 16.0. The number of carbonyl (C=O) groups excluding carboxylic acids is 1. The quantitative estimate of drug-likeness (QED) is 0.422. The first-order chi connectivity index (χ1) is 11.9. The molecule has 0 amide bonds. The average molecular weight is 381 g/mol. The molecule has 2 fully saturated rings. The summed E-state index contributed by atoms with van der Waals surface area (Å²) in [7, 11) is -1.81. The lowest BCUT2D eigenvalue weighted by Gasteiger charge is -2.37. The van der Waals surface area contributed by atoms with Gasteiger partial charge in [0, 0.05) is 24.0 Å². The van der Waals surface area contributed by atoms with Crippen molar-refractivity contribution in [2.75, 3.05) is 13.2 Å². The van der Waals surface area contributed by atoms with Crippen LogP contribution in [0.2, 0.25) is 18.1 Å². The maximum Gasteiger partial charge on any atom is 0.334 e. The van der Waals surface area contributed by atoms with Crippen LogP contribution in [0.15, 0.2) is 23.8 Å². The molecule has 0 aromatic heterocycles. The van der Waals surface area contributed by atoms with Crippen LogP contribution in [0.5, 0.6) is 0 Å². The Morgan fingerprint density at radius 1 is 1.27 bits per heavy atom. The lowest BCUT2D eigenvalue weighted by atomic mass is 9.85. The molecule has 0 aromatic carbocycles. The first kappa shape index (κ1) is 19.8. The Bertz CT molecular complexity index is 629. The van der Waals surface area contributed by atoms with Crippen LogP contribution in [0, 0.1) is 11.8 Å². The summed E-state index contributed by atoms with van der Waals surface area (Å²) in [5, 5.41) is 0.172. The molecule has 2 aliphatic heterocycles. The molecule has 0 radical (unpaired) electrons. The number of esters is 1. The topological polar surface area (TPSA) is 54.0 Å². The van der Waals surface area contributed by atoms with Crippen LogP contribution in [0.25, 0.3) is 0 Å². The SMILES string of the molecule is CC1(C)OC[C@H]([C@H]2OC(=O)C3=C[C@@H](CO[Si](C)(C)C(C)(C)C)C=C[C@H]32)O1. The normalized spacial score (nSPS) is 33.8. The summed E-state index contributed by atoms with van der Waals surface area (Å²) >= 11 is 0. The van der Waals surface area contributed by atoms with Crippen LogP contribution in [-0.4, -0.2) is 45.5 Å². The molecule has 1 aliphatic carbocycles. The molecule has 2 saturated heterocycles. The Hall–Kier alpha value is -0.953. The highest BCUT2D eigenvalue weighted by Crippen LogP contribution is 2.40. The Morgan fingerprint density at radius 2 is 1.96 bits per heavy atom. The van der Waals surface area contributed by atoms with Crippen molar-refractivity contribution in [2.24, 2.45) is 11.8 Å². The molecule has 0 bridgehead atoms. The van der Waals surface area contributed by atoms with E-state index in [0.29, 0.717) is 13.2 Å². The summed E-state index contributed by atoms with van der Waals surface area (Å²) in [5.41, 5.74) is 0.731. The van der Waals surface area contributed by atoms with Gasteiger partial charge < -0.3 is 18.6 Å². The van der Waals surface area contributed by atoms with E-state index in [2.05, 4.69) is 46.0 Å². The van der Waals surface area contributed by atoms with E-state index in [1.807, 2.05) is 19.9 Å². The van der Waals surface area contributed by atoms with Crippen LogP contribution in [0.3, 0.4) is 0 Å². The molecule has 3 aliphatic rings. The maximum atomic E-state index is 12.4. The van der Waals surface area contributed by atoms with Gasteiger partial charge in [-0.3, -0.25) is 0 Å². The third kappa shape index (κ3) is 3.83. The van der Waals surface area contributed by atoms with Gasteiger partial charge in [0.25, 0.3) is 0 Å². The molecule has 146 valence electrons. The minimum absolute atomic E-state index is 0.0610. The molecule has 4 atom stereocenters. The Kier molecular flexibility index (Phi) is 5.01. The smallest absolute Gasteiger partial charge is 0.334 e. The Balaban J connectivity index is 1.66. The van der Waals surface area contributed by atoms with Gasteiger partial charge in [-0.05, 0) is 32.0 Å². The summed E-state index contributed by atoms with van der Waals surface area (Å²) in [6, 6.07) is 0. The largest absolute Gasteiger partial charge is 0.455 e. The van der Waals surface area contributed by atoms with Crippen LogP contribution < -0.4 is 0 Å². The fraction of sp³-hybridized carbons (Fsp3) is 0.750. The van der Waals surface area contributed by atoms with E-state index in [9.17, 15) is 4.79 Å². The van der Waals surface area contributed by atoms with Crippen molar-refractivity contribution >= 4 is 14.3 Å². The highest BCUT2D eigenvalue weighted by atomic mass is 28.4. The van der Waals surface area contributed by atoms with Gasteiger partial charge in [-0.25, -0.2) is 4.79 Å². The van der Waals surface area contributed by atoms with Gasteiger partial charge in [0.15, 0.2) is 14.1 Å². The standard InChI is InChI=1S/C20H32O5Si/c1-19(2,3)26(6,7)23-11-13-8-9-14-15(10-13)18(21)24-17(14)16-12-22-20(4,5)25-16/h8-10,13-14,16-17H,11-12H2,1-7H3/t13-,14+,16+,17-/m0/s1. The van der Waals surface area contributed by atoms with Crippen molar-refractivity contribution < 1.29 is 23.4 Å². The van der Waals surface area contributed by atoms with E-state index in [0.717, 1.165) is 5.57 Å². The van der Waals surface area contributed by atoms with Crippen molar-refractivity contribution in [3.63, 3.8) is 0 Å². The van der Waals surface area contributed by atoms with E-state index < -0.39 is 14.1 Å². The third-order valence-electron chi connectivity index (χ3n) is 5.99. The maximum absolute atomic E-state index is 12.4. The Morgan fingerprint density at radius 3 is 2.54 bits per heavy atom. The van der Waals surface area contributed by atoms with E-state index in [-0.39, 0.29) is 35.1 Å². The minimum Gasteiger partial charge on any atom is -0.455 e. The van der Waals surface area contributed by atoms with Crippen molar-refractivity contribution in [1.29, 1.82) is 0 Å². The summed E-state index contributed by atoms with van der Waals surface area (Å²) in [6.07, 6.45) is 5.70. The molecule has 0 spiro atoms. The molecule has 0 aromatic rings. The minimum atomic E-state index is -1.81. The van der Waals surface area contributed by atoms with Crippen molar-refractivity contribution in [3.8, 4) is 0 Å². The second-order valence-electron chi connectivity index (χ2n) is 9.50. The molecule has 0 N–H and O–H groups in total. The van der Waals surface area contributed by atoms with Crippen molar-refractivity contribution in [2.45, 2.75) is 70.7 Å². The predicted octanol–water partition coefficient (Wildman–Crippen LogP) is 3.81. The molecule has 0 saturated carbocycles. The first-order valence-electron chi connectivity index (χ1n) is 9.46. The van der Waals surface area contributed by atoms with E-state index >= 15 is 0 Å². The zero-order chi connectivity index (χ0) is 19.3. The Labute approximate surface area is 157 Å². The molecule has 3 rings (SSSR count). The average Bonchev–Trinajstić information content (AvgIpc) is 3.04. The first-order valence-corrected chi connectivity index (χ1v) is 12.4. The van der Waals surface area contributed by atoms with Crippen LogP contribution in [0.4, 0.5) is 0 Å². The number of hydrogen-bond acceptors (Lipinski definition) is 5. The summed E-state index contributed by atoms with van der Waals surface area (Å²) in [4.78, 5) is 12.4. The third-order valence-corrected chi connectivity index (χ3v) is 10.5. The van der Waals surface area contributed by atoms with Gasteiger partial charge in [0.1, 0.15) is 12.2 Å². The number of cyclic esters (lactones) is 1. The second-order valence-corrected chi connectivity index (χ2v) is 14.3. The van der Waals surface area contributed by atoms with Crippen molar-refractivity contribution in [3.05, 3.63) is 23.8 Å². The highest BCUT2D eigenvalue weighted by Gasteiger charge is 2.49. The number of fused-ring (bicyclic) bond motifs is 1.